The fourth-order valence-corrected chi connectivity index (χ4v) is 2.91. The van der Waals surface area contributed by atoms with Crippen molar-refractivity contribution in [3.05, 3.63) is 0 Å². The number of hydrogen-bond acceptors (Lipinski definition) is 3. The van der Waals surface area contributed by atoms with Crippen molar-refractivity contribution in [1.29, 1.82) is 0 Å². The van der Waals surface area contributed by atoms with E-state index in [9.17, 15) is 9.90 Å². The third-order valence-electron chi connectivity index (χ3n) is 4.09. The summed E-state index contributed by atoms with van der Waals surface area (Å²) in [4.78, 5) is 12.1. The van der Waals surface area contributed by atoms with Crippen molar-refractivity contribution in [2.75, 3.05) is 6.61 Å². The van der Waals surface area contributed by atoms with Crippen LogP contribution < -0.4 is 0 Å². The third kappa shape index (κ3) is 6.42. The Bertz CT molecular complexity index is 252. The van der Waals surface area contributed by atoms with E-state index in [2.05, 4.69) is 13.8 Å². The van der Waals surface area contributed by atoms with Crippen molar-refractivity contribution >= 4 is 5.97 Å². The number of aliphatic hydroxyl groups excluding tert-OH is 1. The van der Waals surface area contributed by atoms with Gasteiger partial charge in [0.2, 0.25) is 0 Å². The van der Waals surface area contributed by atoms with Crippen LogP contribution in [0.1, 0.15) is 71.6 Å². The van der Waals surface area contributed by atoms with Gasteiger partial charge in [0.25, 0.3) is 0 Å². The molecule has 1 rings (SSSR count). The summed E-state index contributed by atoms with van der Waals surface area (Å²) in [5.41, 5.74) is 0. The number of esters is 1. The van der Waals surface area contributed by atoms with Crippen LogP contribution in [-0.4, -0.2) is 23.8 Å². The molecule has 1 N–H and O–H groups in total. The normalized spacial score (nSPS) is 25.0. The van der Waals surface area contributed by atoms with E-state index in [1.54, 1.807) is 0 Å². The van der Waals surface area contributed by atoms with E-state index in [4.69, 9.17) is 4.74 Å². The molecular weight excluding hydrogens is 240 g/mol. The van der Waals surface area contributed by atoms with Crippen molar-refractivity contribution < 1.29 is 14.6 Å². The van der Waals surface area contributed by atoms with Crippen molar-refractivity contribution in [1.82, 2.24) is 0 Å². The first kappa shape index (κ1) is 16.5. The molecule has 112 valence electrons. The summed E-state index contributed by atoms with van der Waals surface area (Å²) in [6.45, 7) is 4.77. The van der Waals surface area contributed by atoms with Crippen LogP contribution in [0.4, 0.5) is 0 Å². The van der Waals surface area contributed by atoms with Crippen molar-refractivity contribution in [3.8, 4) is 0 Å². The molecule has 0 amide bonds. The fraction of sp³-hybridized carbons (Fsp3) is 0.938. The maximum atomic E-state index is 12.1. The van der Waals surface area contributed by atoms with Crippen LogP contribution in [-0.2, 0) is 9.53 Å². The molecule has 0 aromatic heterocycles. The van der Waals surface area contributed by atoms with Gasteiger partial charge in [-0.25, -0.2) is 0 Å². The second kappa shape index (κ2) is 9.35. The highest BCUT2D eigenvalue weighted by atomic mass is 16.5. The molecule has 1 aliphatic carbocycles. The quantitative estimate of drug-likeness (QED) is 0.684. The van der Waals surface area contributed by atoms with E-state index in [0.717, 1.165) is 57.8 Å². The van der Waals surface area contributed by atoms with Gasteiger partial charge in [0.05, 0.1) is 18.6 Å². The second-order valence-electron chi connectivity index (χ2n) is 5.94. The Balaban J connectivity index is 2.30. The van der Waals surface area contributed by atoms with Gasteiger partial charge < -0.3 is 9.84 Å². The molecule has 3 nitrogen and oxygen atoms in total. The number of rotatable bonds is 8. The van der Waals surface area contributed by atoms with Gasteiger partial charge in [0.1, 0.15) is 0 Å². The molecule has 0 aromatic carbocycles. The van der Waals surface area contributed by atoms with Crippen LogP contribution in [0.15, 0.2) is 0 Å². The Labute approximate surface area is 117 Å². The standard InChI is InChI=1S/C16H30O3/c1-3-5-9-14(7-4-2)16(18)19-12-13-8-6-10-15(17)11-13/h13-15,17H,3-12H2,1-2H3. The molecular formula is C16H30O3. The highest BCUT2D eigenvalue weighted by Gasteiger charge is 2.23. The van der Waals surface area contributed by atoms with Gasteiger partial charge in [0, 0.05) is 0 Å². The number of hydrogen-bond donors (Lipinski definition) is 1. The van der Waals surface area contributed by atoms with Crippen LogP contribution >= 0.6 is 0 Å². The summed E-state index contributed by atoms with van der Waals surface area (Å²) < 4.78 is 5.49. The Hall–Kier alpha value is -0.570. The maximum Gasteiger partial charge on any atom is 0.308 e. The lowest BCUT2D eigenvalue weighted by atomic mass is 9.88. The van der Waals surface area contributed by atoms with Gasteiger partial charge in [-0.15, -0.1) is 0 Å². The fourth-order valence-electron chi connectivity index (χ4n) is 2.91. The summed E-state index contributed by atoms with van der Waals surface area (Å²) in [6, 6.07) is 0. The maximum absolute atomic E-state index is 12.1. The first-order valence-corrected chi connectivity index (χ1v) is 8.02. The van der Waals surface area contributed by atoms with E-state index >= 15 is 0 Å². The molecule has 0 spiro atoms. The van der Waals surface area contributed by atoms with Gasteiger partial charge in [-0.3, -0.25) is 4.79 Å². The Morgan fingerprint density at radius 2 is 2.05 bits per heavy atom. The SMILES string of the molecule is CCCCC(CCC)C(=O)OCC1CCCC(O)C1. The average Bonchev–Trinajstić information content (AvgIpc) is 2.41. The van der Waals surface area contributed by atoms with Crippen LogP contribution in [0, 0.1) is 11.8 Å². The minimum absolute atomic E-state index is 0.0182. The molecule has 0 radical (unpaired) electrons. The molecule has 0 aliphatic heterocycles. The Kier molecular flexibility index (Phi) is 8.11. The molecule has 1 aliphatic rings. The molecule has 1 saturated carbocycles. The van der Waals surface area contributed by atoms with Crippen molar-refractivity contribution in [3.63, 3.8) is 0 Å². The Morgan fingerprint density at radius 3 is 2.68 bits per heavy atom. The lowest BCUT2D eigenvalue weighted by Crippen LogP contribution is -2.26. The van der Waals surface area contributed by atoms with Gasteiger partial charge in [-0.2, -0.15) is 0 Å². The number of carbonyl (C=O) groups is 1. The van der Waals surface area contributed by atoms with Crippen LogP contribution in [0.2, 0.25) is 0 Å². The van der Waals surface area contributed by atoms with E-state index < -0.39 is 0 Å². The summed E-state index contributed by atoms with van der Waals surface area (Å²) in [5, 5.41) is 9.61. The second-order valence-corrected chi connectivity index (χ2v) is 5.94. The molecule has 3 heteroatoms. The summed E-state index contributed by atoms with van der Waals surface area (Å²) in [5.74, 6) is 0.426. The summed E-state index contributed by atoms with van der Waals surface area (Å²) in [6.07, 6.45) is 8.79. The number of carbonyl (C=O) groups excluding carboxylic acids is 1. The molecule has 0 bridgehead atoms. The summed E-state index contributed by atoms with van der Waals surface area (Å²) >= 11 is 0. The molecule has 19 heavy (non-hydrogen) atoms. The zero-order valence-electron chi connectivity index (χ0n) is 12.6. The van der Waals surface area contributed by atoms with E-state index in [1.807, 2.05) is 0 Å². The first-order valence-electron chi connectivity index (χ1n) is 8.02. The molecule has 0 saturated heterocycles. The largest absolute Gasteiger partial charge is 0.465 e. The lowest BCUT2D eigenvalue weighted by molar-refractivity contribution is -0.151. The van der Waals surface area contributed by atoms with Crippen molar-refractivity contribution in [2.24, 2.45) is 11.8 Å². The monoisotopic (exact) mass is 270 g/mol. The summed E-state index contributed by atoms with van der Waals surface area (Å²) in [7, 11) is 0. The van der Waals surface area contributed by atoms with E-state index in [0.29, 0.717) is 12.5 Å². The van der Waals surface area contributed by atoms with Crippen LogP contribution in [0.25, 0.3) is 0 Å². The van der Waals surface area contributed by atoms with E-state index in [1.165, 1.54) is 0 Å². The number of aliphatic hydroxyl groups is 1. The zero-order valence-corrected chi connectivity index (χ0v) is 12.6. The molecule has 1 fully saturated rings. The van der Waals surface area contributed by atoms with Gasteiger partial charge in [0.15, 0.2) is 0 Å². The lowest BCUT2D eigenvalue weighted by Gasteiger charge is -2.26. The van der Waals surface area contributed by atoms with Gasteiger partial charge in [-0.05, 0) is 38.0 Å². The predicted molar refractivity (Wildman–Crippen MR) is 76.8 cm³/mol. The number of unbranched alkanes of at least 4 members (excludes halogenated alkanes) is 1. The predicted octanol–water partition coefficient (Wildman–Crippen LogP) is 3.69. The molecule has 3 unspecified atom stereocenters. The van der Waals surface area contributed by atoms with Gasteiger partial charge in [-0.1, -0.05) is 39.5 Å². The van der Waals surface area contributed by atoms with Crippen LogP contribution in [0.5, 0.6) is 0 Å². The Morgan fingerprint density at radius 1 is 1.26 bits per heavy atom. The average molecular weight is 270 g/mol. The highest BCUT2D eigenvalue weighted by Crippen LogP contribution is 2.25. The first-order chi connectivity index (χ1) is 9.17. The number of ether oxygens (including phenoxy) is 1. The third-order valence-corrected chi connectivity index (χ3v) is 4.09. The minimum atomic E-state index is -0.191. The van der Waals surface area contributed by atoms with Crippen molar-refractivity contribution in [2.45, 2.75) is 77.7 Å². The van der Waals surface area contributed by atoms with Crippen LogP contribution in [0.3, 0.4) is 0 Å². The molecule has 3 atom stereocenters. The zero-order chi connectivity index (χ0) is 14.1. The van der Waals surface area contributed by atoms with Gasteiger partial charge >= 0.3 is 5.97 Å². The molecule has 0 heterocycles. The topological polar surface area (TPSA) is 46.5 Å². The smallest absolute Gasteiger partial charge is 0.308 e. The molecule has 0 aromatic rings. The van der Waals surface area contributed by atoms with E-state index in [-0.39, 0.29) is 18.0 Å². The minimum Gasteiger partial charge on any atom is -0.465 e. The highest BCUT2D eigenvalue weighted by molar-refractivity contribution is 5.72.